The lowest BCUT2D eigenvalue weighted by molar-refractivity contribution is -0.115. The molecule has 5 nitrogen and oxygen atoms in total. The van der Waals surface area contributed by atoms with Gasteiger partial charge in [-0.3, -0.25) is 4.79 Å². The first-order chi connectivity index (χ1) is 9.72. The summed E-state index contributed by atoms with van der Waals surface area (Å²) in [5, 5.41) is 7.93. The molecule has 20 heavy (non-hydrogen) atoms. The summed E-state index contributed by atoms with van der Waals surface area (Å²) in [6.07, 6.45) is 1.65. The van der Waals surface area contributed by atoms with Crippen LogP contribution in [0.4, 0.5) is 5.82 Å². The molecular weight excluding hydrogens is 278 g/mol. The maximum absolute atomic E-state index is 12.0. The molecule has 0 saturated carbocycles. The molecule has 2 heterocycles. The van der Waals surface area contributed by atoms with Gasteiger partial charge in [-0.25, -0.2) is 4.98 Å². The molecule has 1 N–H and O–H groups in total. The molecule has 3 aromatic rings. The number of carbonyl (C=O) groups excluding carboxylic acids is 1. The number of fused-ring (bicyclic) bond motifs is 1. The summed E-state index contributed by atoms with van der Waals surface area (Å²) in [5.74, 6) is 0.189. The fourth-order valence-corrected chi connectivity index (χ4v) is 2.04. The van der Waals surface area contributed by atoms with E-state index in [-0.39, 0.29) is 12.3 Å². The van der Waals surface area contributed by atoms with Crippen LogP contribution in [-0.4, -0.2) is 16.0 Å². The van der Waals surface area contributed by atoms with Crippen molar-refractivity contribution in [1.29, 1.82) is 0 Å². The Kier molecular flexibility index (Phi) is 3.35. The number of halogens is 1. The predicted octanol–water partition coefficient (Wildman–Crippen LogP) is 3.06. The molecule has 0 fully saturated rings. The highest BCUT2D eigenvalue weighted by Crippen LogP contribution is 2.18. The van der Waals surface area contributed by atoms with Crippen LogP contribution in [0.3, 0.4) is 0 Å². The number of pyridine rings is 1. The standard InChI is InChI=1S/C14H10ClN3O2/c15-9-5-6-16-13(7-9)17-14(19)8-11-10-3-1-2-4-12(10)20-18-11/h1-7H,8H2,(H,16,17,19). The van der Waals surface area contributed by atoms with Gasteiger partial charge >= 0.3 is 0 Å². The summed E-state index contributed by atoms with van der Waals surface area (Å²) in [5.41, 5.74) is 1.26. The van der Waals surface area contributed by atoms with Gasteiger partial charge in [0.15, 0.2) is 5.58 Å². The molecule has 0 bridgehead atoms. The molecule has 1 aromatic carbocycles. The zero-order chi connectivity index (χ0) is 13.9. The van der Waals surface area contributed by atoms with E-state index in [1.54, 1.807) is 12.1 Å². The van der Waals surface area contributed by atoms with Gasteiger partial charge in [-0.15, -0.1) is 0 Å². The summed E-state index contributed by atoms with van der Waals surface area (Å²) in [6, 6.07) is 10.6. The van der Waals surface area contributed by atoms with E-state index in [0.717, 1.165) is 5.39 Å². The first-order valence-corrected chi connectivity index (χ1v) is 6.35. The van der Waals surface area contributed by atoms with Crippen molar-refractivity contribution >= 4 is 34.3 Å². The van der Waals surface area contributed by atoms with E-state index in [1.165, 1.54) is 6.20 Å². The van der Waals surface area contributed by atoms with Crippen molar-refractivity contribution in [2.45, 2.75) is 6.42 Å². The molecular formula is C14H10ClN3O2. The summed E-state index contributed by atoms with van der Waals surface area (Å²) < 4.78 is 5.15. The van der Waals surface area contributed by atoms with Crippen molar-refractivity contribution in [3.05, 3.63) is 53.3 Å². The third-order valence-electron chi connectivity index (χ3n) is 2.77. The van der Waals surface area contributed by atoms with Crippen LogP contribution in [0.25, 0.3) is 11.0 Å². The zero-order valence-corrected chi connectivity index (χ0v) is 11.1. The molecule has 1 amide bonds. The van der Waals surface area contributed by atoms with E-state index >= 15 is 0 Å². The van der Waals surface area contributed by atoms with Gasteiger partial charge in [0, 0.05) is 16.6 Å². The molecule has 0 aliphatic carbocycles. The summed E-state index contributed by atoms with van der Waals surface area (Å²) in [6.45, 7) is 0. The second-order valence-corrected chi connectivity index (χ2v) is 4.65. The number of para-hydroxylation sites is 1. The summed E-state index contributed by atoms with van der Waals surface area (Å²) in [4.78, 5) is 16.0. The number of hydrogen-bond acceptors (Lipinski definition) is 4. The van der Waals surface area contributed by atoms with Gasteiger partial charge < -0.3 is 9.84 Å². The number of nitrogens with one attached hydrogen (secondary N) is 1. The normalized spacial score (nSPS) is 10.7. The van der Waals surface area contributed by atoms with E-state index in [9.17, 15) is 4.79 Å². The Morgan fingerprint density at radius 3 is 3.00 bits per heavy atom. The minimum Gasteiger partial charge on any atom is -0.356 e. The van der Waals surface area contributed by atoms with Gasteiger partial charge in [-0.2, -0.15) is 0 Å². The first kappa shape index (κ1) is 12.6. The van der Waals surface area contributed by atoms with Crippen molar-refractivity contribution in [2.75, 3.05) is 5.32 Å². The van der Waals surface area contributed by atoms with Gasteiger partial charge in [0.1, 0.15) is 11.5 Å². The van der Waals surface area contributed by atoms with Crippen molar-refractivity contribution in [2.24, 2.45) is 0 Å². The molecule has 0 unspecified atom stereocenters. The van der Waals surface area contributed by atoms with Crippen molar-refractivity contribution in [3.63, 3.8) is 0 Å². The van der Waals surface area contributed by atoms with Crippen LogP contribution in [0, 0.1) is 0 Å². The van der Waals surface area contributed by atoms with Gasteiger partial charge in [-0.1, -0.05) is 28.9 Å². The topological polar surface area (TPSA) is 68.0 Å². The quantitative estimate of drug-likeness (QED) is 0.804. The third kappa shape index (κ3) is 2.62. The monoisotopic (exact) mass is 287 g/mol. The lowest BCUT2D eigenvalue weighted by Gasteiger charge is -2.02. The van der Waals surface area contributed by atoms with Crippen LogP contribution in [0.2, 0.25) is 5.02 Å². The maximum Gasteiger partial charge on any atom is 0.231 e. The van der Waals surface area contributed by atoms with E-state index in [0.29, 0.717) is 22.1 Å². The highest BCUT2D eigenvalue weighted by molar-refractivity contribution is 6.30. The highest BCUT2D eigenvalue weighted by atomic mass is 35.5. The van der Waals surface area contributed by atoms with E-state index < -0.39 is 0 Å². The van der Waals surface area contributed by atoms with Crippen molar-refractivity contribution in [3.8, 4) is 0 Å². The van der Waals surface area contributed by atoms with E-state index in [1.807, 2.05) is 24.3 Å². The Morgan fingerprint density at radius 1 is 1.30 bits per heavy atom. The van der Waals surface area contributed by atoms with Crippen LogP contribution in [-0.2, 0) is 11.2 Å². The Bertz CT molecular complexity index is 770. The Labute approximate surface area is 119 Å². The number of benzene rings is 1. The molecule has 3 rings (SSSR count). The van der Waals surface area contributed by atoms with Crippen molar-refractivity contribution < 1.29 is 9.32 Å². The van der Waals surface area contributed by atoms with Gasteiger partial charge in [0.05, 0.1) is 6.42 Å². The lowest BCUT2D eigenvalue weighted by Crippen LogP contribution is -2.15. The first-order valence-electron chi connectivity index (χ1n) is 5.97. The number of carbonyl (C=O) groups is 1. The molecule has 2 aromatic heterocycles. The van der Waals surface area contributed by atoms with Gasteiger partial charge in [-0.05, 0) is 24.3 Å². The molecule has 0 aliphatic rings. The van der Waals surface area contributed by atoms with Crippen LogP contribution in [0.15, 0.2) is 47.1 Å². The number of anilines is 1. The average molecular weight is 288 g/mol. The number of hydrogen-bond donors (Lipinski definition) is 1. The SMILES string of the molecule is O=C(Cc1noc2ccccc12)Nc1cc(Cl)ccn1. The average Bonchev–Trinajstić information content (AvgIpc) is 2.82. The van der Waals surface area contributed by atoms with Crippen LogP contribution < -0.4 is 5.32 Å². The third-order valence-corrected chi connectivity index (χ3v) is 3.00. The Balaban J connectivity index is 1.76. The molecule has 0 saturated heterocycles. The van der Waals surface area contributed by atoms with Crippen LogP contribution in [0.1, 0.15) is 5.69 Å². The fraction of sp³-hybridized carbons (Fsp3) is 0.0714. The number of aromatic nitrogens is 2. The minimum atomic E-state index is -0.223. The molecule has 0 aliphatic heterocycles. The number of amides is 1. The molecule has 0 radical (unpaired) electrons. The number of rotatable bonds is 3. The molecule has 0 atom stereocenters. The summed E-state index contributed by atoms with van der Waals surface area (Å²) in [7, 11) is 0. The predicted molar refractivity (Wildman–Crippen MR) is 75.6 cm³/mol. The van der Waals surface area contributed by atoms with Crippen LogP contribution in [0.5, 0.6) is 0 Å². The Morgan fingerprint density at radius 2 is 2.15 bits per heavy atom. The van der Waals surface area contributed by atoms with Crippen molar-refractivity contribution in [1.82, 2.24) is 10.1 Å². The maximum atomic E-state index is 12.0. The number of nitrogens with zero attached hydrogens (tertiary/aromatic N) is 2. The van der Waals surface area contributed by atoms with Crippen LogP contribution >= 0.6 is 11.6 Å². The lowest BCUT2D eigenvalue weighted by atomic mass is 10.1. The summed E-state index contributed by atoms with van der Waals surface area (Å²) >= 11 is 5.83. The highest BCUT2D eigenvalue weighted by Gasteiger charge is 2.12. The Hall–Kier alpha value is -2.40. The minimum absolute atomic E-state index is 0.116. The molecule has 0 spiro atoms. The van der Waals surface area contributed by atoms with Gasteiger partial charge in [0.2, 0.25) is 5.91 Å². The zero-order valence-electron chi connectivity index (χ0n) is 10.3. The molecule has 100 valence electrons. The molecule has 6 heteroatoms. The van der Waals surface area contributed by atoms with Gasteiger partial charge in [0.25, 0.3) is 0 Å². The largest absolute Gasteiger partial charge is 0.356 e. The fourth-order valence-electron chi connectivity index (χ4n) is 1.88. The van der Waals surface area contributed by atoms with E-state index in [4.69, 9.17) is 16.1 Å². The smallest absolute Gasteiger partial charge is 0.231 e. The van der Waals surface area contributed by atoms with E-state index in [2.05, 4.69) is 15.5 Å². The second kappa shape index (κ2) is 5.30. The second-order valence-electron chi connectivity index (χ2n) is 4.21.